The maximum atomic E-state index is 11.5. The fraction of sp³-hybridized carbons (Fsp3) is 0.235. The lowest BCUT2D eigenvalue weighted by atomic mass is 9.97. The molecule has 7 nitrogen and oxygen atoms in total. The summed E-state index contributed by atoms with van der Waals surface area (Å²) in [5, 5.41) is 13.7. The maximum Gasteiger partial charge on any atom is 0.411 e. The fourth-order valence-corrected chi connectivity index (χ4v) is 2.33. The number of amides is 1. The Hall–Kier alpha value is -2.93. The van der Waals surface area contributed by atoms with Crippen LogP contribution in [0.5, 0.6) is 0 Å². The van der Waals surface area contributed by atoms with Crippen LogP contribution in [-0.4, -0.2) is 17.6 Å². The van der Waals surface area contributed by atoms with Crippen molar-refractivity contribution in [2.24, 2.45) is 5.73 Å². The van der Waals surface area contributed by atoms with Crippen molar-refractivity contribution in [2.75, 3.05) is 11.9 Å². The van der Waals surface area contributed by atoms with Crippen LogP contribution in [-0.2, 0) is 4.74 Å². The molecular weight excluding hydrogens is 310 g/mol. The predicted octanol–water partition coefficient (Wildman–Crippen LogP) is 3.52. The number of nitrogens with zero attached hydrogens (tertiary/aromatic N) is 1. The molecule has 0 aliphatic heterocycles. The summed E-state index contributed by atoms with van der Waals surface area (Å²) in [7, 11) is 0. The van der Waals surface area contributed by atoms with Gasteiger partial charge in [-0.05, 0) is 31.0 Å². The van der Waals surface area contributed by atoms with Gasteiger partial charge in [-0.2, -0.15) is 0 Å². The van der Waals surface area contributed by atoms with Gasteiger partial charge in [-0.15, -0.1) is 0 Å². The van der Waals surface area contributed by atoms with E-state index < -0.39 is 17.1 Å². The molecule has 0 fully saturated rings. The standard InChI is InChI=1S/C17H19N3O4/c1-3-24-17(21)19-14-8-7-13(10-15(14)20(22)23)16(18)12-6-4-5-11(2)9-12/h4-10,16H,3,18H2,1-2H3,(H,19,21). The van der Waals surface area contributed by atoms with Crippen molar-refractivity contribution in [3.05, 3.63) is 69.3 Å². The van der Waals surface area contributed by atoms with Gasteiger partial charge in [0.1, 0.15) is 5.69 Å². The van der Waals surface area contributed by atoms with Crippen molar-refractivity contribution < 1.29 is 14.5 Å². The lowest BCUT2D eigenvalue weighted by molar-refractivity contribution is -0.384. The van der Waals surface area contributed by atoms with E-state index in [1.807, 2.05) is 31.2 Å². The van der Waals surface area contributed by atoms with Crippen LogP contribution < -0.4 is 11.1 Å². The van der Waals surface area contributed by atoms with E-state index in [0.29, 0.717) is 5.56 Å². The highest BCUT2D eigenvalue weighted by molar-refractivity contribution is 5.88. The van der Waals surface area contributed by atoms with Gasteiger partial charge in [-0.25, -0.2) is 4.79 Å². The van der Waals surface area contributed by atoms with E-state index >= 15 is 0 Å². The molecule has 0 heterocycles. The number of carbonyl (C=O) groups is 1. The highest BCUT2D eigenvalue weighted by Gasteiger charge is 2.20. The lowest BCUT2D eigenvalue weighted by Gasteiger charge is -2.14. The van der Waals surface area contributed by atoms with Crippen molar-refractivity contribution in [3.8, 4) is 0 Å². The molecule has 0 radical (unpaired) electrons. The predicted molar refractivity (Wildman–Crippen MR) is 91.0 cm³/mol. The second kappa shape index (κ2) is 7.56. The van der Waals surface area contributed by atoms with Gasteiger partial charge in [-0.1, -0.05) is 35.9 Å². The van der Waals surface area contributed by atoms with Gasteiger partial charge in [0.15, 0.2) is 0 Å². The van der Waals surface area contributed by atoms with Crippen LogP contribution in [0.15, 0.2) is 42.5 Å². The van der Waals surface area contributed by atoms with Crippen molar-refractivity contribution >= 4 is 17.5 Å². The number of anilines is 1. The highest BCUT2D eigenvalue weighted by atomic mass is 16.6. The monoisotopic (exact) mass is 329 g/mol. The zero-order chi connectivity index (χ0) is 17.7. The first kappa shape index (κ1) is 17.4. The zero-order valence-corrected chi connectivity index (χ0v) is 13.5. The van der Waals surface area contributed by atoms with Crippen LogP contribution >= 0.6 is 0 Å². The van der Waals surface area contributed by atoms with E-state index in [9.17, 15) is 14.9 Å². The number of nitrogens with two attached hydrogens (primary N) is 1. The topological polar surface area (TPSA) is 107 Å². The minimum absolute atomic E-state index is 0.0682. The molecule has 2 aromatic carbocycles. The molecule has 1 amide bonds. The first-order chi connectivity index (χ1) is 11.4. The molecule has 3 N–H and O–H groups in total. The fourth-order valence-electron chi connectivity index (χ4n) is 2.33. The maximum absolute atomic E-state index is 11.5. The molecule has 2 rings (SSSR count). The van der Waals surface area contributed by atoms with Gasteiger partial charge < -0.3 is 10.5 Å². The number of benzene rings is 2. The van der Waals surface area contributed by atoms with E-state index in [1.165, 1.54) is 12.1 Å². The average Bonchev–Trinajstić information content (AvgIpc) is 2.54. The SMILES string of the molecule is CCOC(=O)Nc1ccc(C(N)c2cccc(C)c2)cc1[N+](=O)[O-]. The molecule has 126 valence electrons. The molecule has 0 aliphatic rings. The summed E-state index contributed by atoms with van der Waals surface area (Å²) in [5.41, 5.74) is 8.55. The molecule has 7 heteroatoms. The number of carbonyl (C=O) groups excluding carboxylic acids is 1. The number of nitro groups is 1. The summed E-state index contributed by atoms with van der Waals surface area (Å²) in [4.78, 5) is 22.2. The quantitative estimate of drug-likeness (QED) is 0.644. The third-order valence-electron chi connectivity index (χ3n) is 3.49. The van der Waals surface area contributed by atoms with Crippen LogP contribution in [0.1, 0.15) is 29.7 Å². The Morgan fingerprint density at radius 2 is 2.00 bits per heavy atom. The lowest BCUT2D eigenvalue weighted by Crippen LogP contribution is -2.16. The summed E-state index contributed by atoms with van der Waals surface area (Å²) in [6.07, 6.45) is -0.740. The van der Waals surface area contributed by atoms with Crippen LogP contribution in [0.25, 0.3) is 0 Å². The molecule has 0 aromatic heterocycles. The van der Waals surface area contributed by atoms with Gasteiger partial charge in [-0.3, -0.25) is 15.4 Å². The minimum atomic E-state index is -0.740. The Morgan fingerprint density at radius 3 is 2.62 bits per heavy atom. The second-order valence-corrected chi connectivity index (χ2v) is 5.27. The third-order valence-corrected chi connectivity index (χ3v) is 3.49. The normalized spacial score (nSPS) is 11.6. The smallest absolute Gasteiger partial charge is 0.411 e. The van der Waals surface area contributed by atoms with E-state index in [2.05, 4.69) is 5.32 Å². The highest BCUT2D eigenvalue weighted by Crippen LogP contribution is 2.30. The first-order valence-electron chi connectivity index (χ1n) is 7.46. The number of hydrogen-bond donors (Lipinski definition) is 2. The molecule has 0 saturated carbocycles. The van der Waals surface area contributed by atoms with Crippen LogP contribution in [0, 0.1) is 17.0 Å². The molecular formula is C17H19N3O4. The second-order valence-electron chi connectivity index (χ2n) is 5.27. The number of aryl methyl sites for hydroxylation is 1. The summed E-state index contributed by atoms with van der Waals surface area (Å²) in [6, 6.07) is 11.6. The Kier molecular flexibility index (Phi) is 5.49. The van der Waals surface area contributed by atoms with Crippen LogP contribution in [0.4, 0.5) is 16.2 Å². The molecule has 2 aromatic rings. The van der Waals surface area contributed by atoms with Crippen molar-refractivity contribution in [3.63, 3.8) is 0 Å². The average molecular weight is 329 g/mol. The van der Waals surface area contributed by atoms with Gasteiger partial charge in [0.2, 0.25) is 0 Å². The summed E-state index contributed by atoms with van der Waals surface area (Å²) < 4.78 is 4.74. The molecule has 0 bridgehead atoms. The Labute approximate surface area is 139 Å². The van der Waals surface area contributed by atoms with Crippen molar-refractivity contribution in [1.82, 2.24) is 0 Å². The van der Waals surface area contributed by atoms with Gasteiger partial charge >= 0.3 is 6.09 Å². The van der Waals surface area contributed by atoms with Crippen LogP contribution in [0.3, 0.4) is 0 Å². The molecule has 24 heavy (non-hydrogen) atoms. The van der Waals surface area contributed by atoms with Gasteiger partial charge in [0, 0.05) is 6.07 Å². The van der Waals surface area contributed by atoms with Gasteiger partial charge in [0.05, 0.1) is 17.6 Å². The van der Waals surface area contributed by atoms with Gasteiger partial charge in [0.25, 0.3) is 5.69 Å². The molecule has 0 spiro atoms. The number of nitro benzene ring substituents is 1. The molecule has 0 aliphatic carbocycles. The van der Waals surface area contributed by atoms with E-state index in [-0.39, 0.29) is 18.0 Å². The Balaban J connectivity index is 2.34. The Bertz CT molecular complexity index is 761. The number of nitrogens with one attached hydrogen (secondary N) is 1. The van der Waals surface area contributed by atoms with Crippen molar-refractivity contribution in [1.29, 1.82) is 0 Å². The number of ether oxygens (including phenoxy) is 1. The summed E-state index contributed by atoms with van der Waals surface area (Å²) in [5.74, 6) is 0. The summed E-state index contributed by atoms with van der Waals surface area (Å²) >= 11 is 0. The van der Waals surface area contributed by atoms with E-state index in [0.717, 1.165) is 11.1 Å². The molecule has 1 atom stereocenters. The zero-order valence-electron chi connectivity index (χ0n) is 13.5. The summed E-state index contributed by atoms with van der Waals surface area (Å²) in [6.45, 7) is 3.78. The largest absolute Gasteiger partial charge is 0.450 e. The first-order valence-corrected chi connectivity index (χ1v) is 7.46. The number of rotatable bonds is 5. The minimum Gasteiger partial charge on any atom is -0.450 e. The molecule has 1 unspecified atom stereocenters. The van der Waals surface area contributed by atoms with Crippen molar-refractivity contribution in [2.45, 2.75) is 19.9 Å². The number of hydrogen-bond acceptors (Lipinski definition) is 5. The Morgan fingerprint density at radius 1 is 1.29 bits per heavy atom. The van der Waals surface area contributed by atoms with E-state index in [4.69, 9.17) is 10.5 Å². The molecule has 0 saturated heterocycles. The third kappa shape index (κ3) is 4.08. The van der Waals surface area contributed by atoms with Crippen LogP contribution in [0.2, 0.25) is 0 Å². The van der Waals surface area contributed by atoms with E-state index in [1.54, 1.807) is 13.0 Å².